The van der Waals surface area contributed by atoms with Gasteiger partial charge in [-0.3, -0.25) is 24.0 Å². The zero-order valence-electron chi connectivity index (χ0n) is 18.6. The highest BCUT2D eigenvalue weighted by Gasteiger charge is 2.37. The van der Waals surface area contributed by atoms with Crippen LogP contribution in [-0.4, -0.2) is 48.9 Å². The van der Waals surface area contributed by atoms with Crippen LogP contribution in [0.2, 0.25) is 0 Å². The van der Waals surface area contributed by atoms with Crippen molar-refractivity contribution in [1.82, 2.24) is 10.6 Å². The van der Waals surface area contributed by atoms with Crippen LogP contribution in [0.25, 0.3) is 0 Å². The van der Waals surface area contributed by atoms with E-state index in [4.69, 9.17) is 15.2 Å². The minimum Gasteiger partial charge on any atom is -0.466 e. The van der Waals surface area contributed by atoms with Crippen molar-refractivity contribution in [2.24, 2.45) is 11.7 Å². The Bertz CT molecular complexity index is 798. The molecule has 32 heavy (non-hydrogen) atoms. The molecule has 0 aliphatic rings. The quantitative estimate of drug-likeness (QED) is 0.375. The standard InChI is InChI=1S/C22H31N3O7/c1-4-31-19(28)13-16(22(30)32-5-2)20(21(23)29)25-18(27)12-11-17(26)24-14(3)15-9-7-6-8-10-15/h6-10,14,16,20H,4-5,11-13H2,1-3H3,(H2,23,29)(H,24,26)(H,25,27)/t14-,16+,20+/m1/s1. The second-order valence-corrected chi connectivity index (χ2v) is 7.02. The molecule has 3 amide bonds. The second kappa shape index (κ2) is 13.8. The van der Waals surface area contributed by atoms with Crippen molar-refractivity contribution in [3.05, 3.63) is 35.9 Å². The minimum absolute atomic E-state index is 0.0113. The average Bonchev–Trinajstić information content (AvgIpc) is 2.75. The fraction of sp³-hybridized carbons (Fsp3) is 0.500. The summed E-state index contributed by atoms with van der Waals surface area (Å²) in [5, 5.41) is 5.12. The molecule has 0 fully saturated rings. The number of hydrogen-bond donors (Lipinski definition) is 3. The first-order valence-corrected chi connectivity index (χ1v) is 10.4. The molecule has 0 unspecified atom stereocenters. The maximum absolute atomic E-state index is 12.3. The summed E-state index contributed by atoms with van der Waals surface area (Å²) in [4.78, 5) is 60.6. The molecule has 0 bridgehead atoms. The van der Waals surface area contributed by atoms with E-state index < -0.39 is 42.1 Å². The fourth-order valence-corrected chi connectivity index (χ4v) is 2.97. The molecule has 0 aliphatic heterocycles. The van der Waals surface area contributed by atoms with E-state index in [1.807, 2.05) is 37.3 Å². The van der Waals surface area contributed by atoms with Gasteiger partial charge in [-0.25, -0.2) is 0 Å². The van der Waals surface area contributed by atoms with Crippen LogP contribution in [0.5, 0.6) is 0 Å². The Kier molecular flexibility index (Phi) is 11.5. The lowest BCUT2D eigenvalue weighted by atomic mass is 9.95. The fourth-order valence-electron chi connectivity index (χ4n) is 2.97. The molecule has 0 saturated carbocycles. The lowest BCUT2D eigenvalue weighted by Crippen LogP contribution is -2.52. The Hall–Kier alpha value is -3.43. The summed E-state index contributed by atoms with van der Waals surface area (Å²) in [6, 6.07) is 7.57. The van der Waals surface area contributed by atoms with E-state index in [9.17, 15) is 24.0 Å². The maximum atomic E-state index is 12.3. The highest BCUT2D eigenvalue weighted by molar-refractivity contribution is 5.93. The Morgan fingerprint density at radius 3 is 2.00 bits per heavy atom. The van der Waals surface area contributed by atoms with Gasteiger partial charge < -0.3 is 25.8 Å². The van der Waals surface area contributed by atoms with E-state index in [1.165, 1.54) is 0 Å². The normalized spacial score (nSPS) is 13.2. The molecular formula is C22H31N3O7. The zero-order valence-corrected chi connectivity index (χ0v) is 18.6. The molecule has 3 atom stereocenters. The van der Waals surface area contributed by atoms with Gasteiger partial charge >= 0.3 is 11.9 Å². The number of ether oxygens (including phenoxy) is 2. The van der Waals surface area contributed by atoms with Gasteiger partial charge in [-0.05, 0) is 26.3 Å². The highest BCUT2D eigenvalue weighted by Crippen LogP contribution is 2.15. The second-order valence-electron chi connectivity index (χ2n) is 7.02. The van der Waals surface area contributed by atoms with Crippen molar-refractivity contribution in [3.63, 3.8) is 0 Å². The first kappa shape index (κ1) is 26.6. The molecule has 0 radical (unpaired) electrons. The number of rotatable bonds is 13. The molecule has 1 aromatic rings. The third kappa shape index (κ3) is 9.15. The lowest BCUT2D eigenvalue weighted by molar-refractivity contribution is -0.157. The molecule has 0 spiro atoms. The van der Waals surface area contributed by atoms with E-state index in [2.05, 4.69) is 10.6 Å². The predicted molar refractivity (Wildman–Crippen MR) is 115 cm³/mol. The van der Waals surface area contributed by atoms with E-state index >= 15 is 0 Å². The summed E-state index contributed by atoms with van der Waals surface area (Å²) >= 11 is 0. The van der Waals surface area contributed by atoms with Crippen molar-refractivity contribution in [2.45, 2.75) is 52.1 Å². The van der Waals surface area contributed by atoms with Gasteiger partial charge in [-0.1, -0.05) is 30.3 Å². The molecule has 1 rings (SSSR count). The van der Waals surface area contributed by atoms with Crippen LogP contribution in [0.1, 0.15) is 51.6 Å². The number of primary amides is 1. The van der Waals surface area contributed by atoms with Gasteiger partial charge in [0.15, 0.2) is 0 Å². The van der Waals surface area contributed by atoms with Gasteiger partial charge in [0.05, 0.1) is 31.6 Å². The number of esters is 2. The van der Waals surface area contributed by atoms with Gasteiger partial charge in [0.2, 0.25) is 17.7 Å². The van der Waals surface area contributed by atoms with Gasteiger partial charge in [0.25, 0.3) is 0 Å². The van der Waals surface area contributed by atoms with Crippen molar-refractivity contribution in [2.75, 3.05) is 13.2 Å². The molecule has 4 N–H and O–H groups in total. The number of nitrogens with one attached hydrogen (secondary N) is 2. The van der Waals surface area contributed by atoms with Crippen LogP contribution in [0.15, 0.2) is 30.3 Å². The van der Waals surface area contributed by atoms with Crippen molar-refractivity contribution in [1.29, 1.82) is 0 Å². The van der Waals surface area contributed by atoms with E-state index in [0.717, 1.165) is 5.56 Å². The highest BCUT2D eigenvalue weighted by atomic mass is 16.5. The van der Waals surface area contributed by atoms with Crippen molar-refractivity contribution < 1.29 is 33.4 Å². The summed E-state index contributed by atoms with van der Waals surface area (Å²) < 4.78 is 9.73. The summed E-state index contributed by atoms with van der Waals surface area (Å²) in [6.45, 7) is 5.06. The van der Waals surface area contributed by atoms with Crippen LogP contribution in [0.3, 0.4) is 0 Å². The Morgan fingerprint density at radius 1 is 0.906 bits per heavy atom. The average molecular weight is 450 g/mol. The van der Waals surface area contributed by atoms with Crippen LogP contribution < -0.4 is 16.4 Å². The van der Waals surface area contributed by atoms with Gasteiger partial charge in [0.1, 0.15) is 6.04 Å². The SMILES string of the molecule is CCOC(=O)C[C@H](C(=O)OCC)[C@H](NC(=O)CCC(=O)N[C@H](C)c1ccccc1)C(N)=O. The van der Waals surface area contributed by atoms with E-state index in [0.29, 0.717) is 0 Å². The monoisotopic (exact) mass is 449 g/mol. The smallest absolute Gasteiger partial charge is 0.312 e. The zero-order chi connectivity index (χ0) is 24.1. The van der Waals surface area contributed by atoms with Gasteiger partial charge in [0, 0.05) is 12.8 Å². The topological polar surface area (TPSA) is 154 Å². The molecule has 0 saturated heterocycles. The molecule has 10 heteroatoms. The number of carbonyl (C=O) groups excluding carboxylic acids is 5. The molecule has 0 aliphatic carbocycles. The summed E-state index contributed by atoms with van der Waals surface area (Å²) in [5.41, 5.74) is 6.28. The lowest BCUT2D eigenvalue weighted by Gasteiger charge is -2.23. The molecule has 0 heterocycles. The molecule has 0 aromatic heterocycles. The first-order chi connectivity index (χ1) is 15.2. The van der Waals surface area contributed by atoms with Gasteiger partial charge in [-0.15, -0.1) is 0 Å². The van der Waals surface area contributed by atoms with E-state index in [-0.39, 0.29) is 38.0 Å². The Labute approximate surface area is 187 Å². The number of hydrogen-bond acceptors (Lipinski definition) is 7. The van der Waals surface area contributed by atoms with Crippen molar-refractivity contribution >= 4 is 29.7 Å². The number of benzene rings is 1. The largest absolute Gasteiger partial charge is 0.466 e. The van der Waals surface area contributed by atoms with Crippen LogP contribution in [0, 0.1) is 5.92 Å². The van der Waals surface area contributed by atoms with Crippen LogP contribution in [0.4, 0.5) is 0 Å². The number of amides is 3. The minimum atomic E-state index is -1.49. The van der Waals surface area contributed by atoms with Crippen LogP contribution in [-0.2, 0) is 33.4 Å². The molecule has 1 aromatic carbocycles. The third-order valence-electron chi connectivity index (χ3n) is 4.56. The van der Waals surface area contributed by atoms with E-state index in [1.54, 1.807) is 13.8 Å². The molecule has 10 nitrogen and oxygen atoms in total. The van der Waals surface area contributed by atoms with Gasteiger partial charge in [-0.2, -0.15) is 0 Å². The summed E-state index contributed by atoms with van der Waals surface area (Å²) in [5.74, 6) is -4.99. The molecular weight excluding hydrogens is 418 g/mol. The Balaban J connectivity index is 2.72. The first-order valence-electron chi connectivity index (χ1n) is 10.4. The summed E-state index contributed by atoms with van der Waals surface area (Å²) in [7, 11) is 0. The predicted octanol–water partition coefficient (Wildman–Crippen LogP) is 0.747. The molecule has 176 valence electrons. The third-order valence-corrected chi connectivity index (χ3v) is 4.56. The summed E-state index contributed by atoms with van der Waals surface area (Å²) in [6.07, 6.45) is -0.877. The Morgan fingerprint density at radius 2 is 1.47 bits per heavy atom. The number of nitrogens with two attached hydrogens (primary N) is 1. The maximum Gasteiger partial charge on any atom is 0.312 e. The number of carbonyl (C=O) groups is 5. The van der Waals surface area contributed by atoms with Crippen LogP contribution >= 0.6 is 0 Å². The van der Waals surface area contributed by atoms with Crippen molar-refractivity contribution in [3.8, 4) is 0 Å².